The predicted molar refractivity (Wildman–Crippen MR) is 74.4 cm³/mol. The van der Waals surface area contributed by atoms with E-state index in [0.717, 1.165) is 42.0 Å². The van der Waals surface area contributed by atoms with Crippen LogP contribution in [0.15, 0.2) is 11.4 Å². The van der Waals surface area contributed by atoms with E-state index in [4.69, 9.17) is 4.74 Å². The minimum atomic E-state index is 0.312. The molecule has 18 heavy (non-hydrogen) atoms. The Kier molecular flexibility index (Phi) is 3.29. The van der Waals surface area contributed by atoms with Gasteiger partial charge in [-0.3, -0.25) is 0 Å². The van der Waals surface area contributed by atoms with Gasteiger partial charge in [0.25, 0.3) is 0 Å². The Bertz CT molecular complexity index is 536. The Morgan fingerprint density at radius 3 is 3.22 bits per heavy atom. The number of nitrogens with zero attached hydrogens (tertiary/aromatic N) is 2. The Balaban J connectivity index is 1.82. The number of nitrogens with one attached hydrogen (secondary N) is 2. The monoisotopic (exact) mass is 264 g/mol. The van der Waals surface area contributed by atoms with Gasteiger partial charge in [-0.25, -0.2) is 4.98 Å². The molecule has 1 fully saturated rings. The zero-order valence-electron chi connectivity index (χ0n) is 10.3. The Morgan fingerprint density at radius 2 is 2.44 bits per heavy atom. The van der Waals surface area contributed by atoms with Crippen molar-refractivity contribution in [3.8, 4) is 0 Å². The van der Waals surface area contributed by atoms with Gasteiger partial charge in [-0.1, -0.05) is 0 Å². The molecule has 0 bridgehead atoms. The minimum Gasteiger partial charge on any atom is -0.376 e. The molecular weight excluding hydrogens is 248 g/mol. The van der Waals surface area contributed by atoms with E-state index in [1.807, 2.05) is 12.4 Å². The molecule has 0 amide bonds. The van der Waals surface area contributed by atoms with E-state index >= 15 is 0 Å². The Hall–Kier alpha value is -1.40. The summed E-state index contributed by atoms with van der Waals surface area (Å²) in [6.45, 7) is 1.69. The number of thiophene rings is 1. The van der Waals surface area contributed by atoms with Gasteiger partial charge in [0.15, 0.2) is 0 Å². The van der Waals surface area contributed by atoms with Crippen molar-refractivity contribution in [3.05, 3.63) is 11.4 Å². The largest absolute Gasteiger partial charge is 0.376 e. The van der Waals surface area contributed by atoms with E-state index in [0.29, 0.717) is 12.1 Å². The second kappa shape index (κ2) is 5.07. The van der Waals surface area contributed by atoms with Crippen molar-refractivity contribution >= 4 is 33.3 Å². The zero-order chi connectivity index (χ0) is 12.4. The fourth-order valence-electron chi connectivity index (χ4n) is 2.12. The van der Waals surface area contributed by atoms with Crippen molar-refractivity contribution in [3.63, 3.8) is 0 Å². The molecule has 1 atom stereocenters. The highest BCUT2D eigenvalue weighted by Gasteiger charge is 2.16. The lowest BCUT2D eigenvalue weighted by Gasteiger charge is -2.12. The summed E-state index contributed by atoms with van der Waals surface area (Å²) in [5, 5.41) is 9.49. The van der Waals surface area contributed by atoms with Gasteiger partial charge in [0, 0.05) is 20.2 Å². The number of rotatable bonds is 4. The fraction of sp³-hybridized carbons (Fsp3) is 0.500. The number of hydrogen-bond acceptors (Lipinski definition) is 6. The van der Waals surface area contributed by atoms with Crippen LogP contribution in [0.1, 0.15) is 12.8 Å². The molecule has 2 aromatic rings. The van der Waals surface area contributed by atoms with E-state index < -0.39 is 0 Å². The SMILES string of the molecule is CNc1nc(NCC2CCCO2)c2ccsc2n1. The van der Waals surface area contributed by atoms with Gasteiger partial charge in [-0.15, -0.1) is 11.3 Å². The van der Waals surface area contributed by atoms with Crippen LogP contribution in [0.25, 0.3) is 10.2 Å². The van der Waals surface area contributed by atoms with Crippen LogP contribution in [0.2, 0.25) is 0 Å². The van der Waals surface area contributed by atoms with Gasteiger partial charge in [-0.05, 0) is 24.3 Å². The van der Waals surface area contributed by atoms with Crippen LogP contribution in [0.4, 0.5) is 11.8 Å². The second-order valence-corrected chi connectivity index (χ2v) is 5.20. The van der Waals surface area contributed by atoms with Crippen LogP contribution < -0.4 is 10.6 Å². The minimum absolute atomic E-state index is 0.312. The van der Waals surface area contributed by atoms with E-state index in [2.05, 4.69) is 26.7 Å². The van der Waals surface area contributed by atoms with Gasteiger partial charge in [0.2, 0.25) is 5.95 Å². The van der Waals surface area contributed by atoms with E-state index in [9.17, 15) is 0 Å². The van der Waals surface area contributed by atoms with Crippen LogP contribution in [0.3, 0.4) is 0 Å². The molecule has 0 saturated carbocycles. The lowest BCUT2D eigenvalue weighted by atomic mass is 10.2. The highest BCUT2D eigenvalue weighted by molar-refractivity contribution is 7.16. The first kappa shape index (κ1) is 11.7. The molecule has 1 aliphatic heterocycles. The van der Waals surface area contributed by atoms with Gasteiger partial charge in [0.05, 0.1) is 11.5 Å². The third-order valence-electron chi connectivity index (χ3n) is 3.07. The van der Waals surface area contributed by atoms with Crippen LogP contribution in [0, 0.1) is 0 Å². The maximum atomic E-state index is 5.61. The molecule has 0 radical (unpaired) electrons. The maximum absolute atomic E-state index is 5.61. The molecule has 6 heteroatoms. The van der Waals surface area contributed by atoms with E-state index in [-0.39, 0.29) is 0 Å². The standard InChI is InChI=1S/C12H16N4OS/c1-13-12-15-10(9-4-6-18-11(9)16-12)14-7-8-3-2-5-17-8/h4,6,8H,2-3,5,7H2,1H3,(H2,13,14,15,16). The number of fused-ring (bicyclic) bond motifs is 1. The highest BCUT2D eigenvalue weighted by Crippen LogP contribution is 2.26. The molecular formula is C12H16N4OS. The predicted octanol–water partition coefficient (Wildman–Crippen LogP) is 2.32. The average Bonchev–Trinajstić information content (AvgIpc) is 3.06. The third-order valence-corrected chi connectivity index (χ3v) is 3.88. The average molecular weight is 264 g/mol. The van der Waals surface area contributed by atoms with Crippen LogP contribution >= 0.6 is 11.3 Å². The highest BCUT2D eigenvalue weighted by atomic mass is 32.1. The lowest BCUT2D eigenvalue weighted by molar-refractivity contribution is 0.120. The molecule has 5 nitrogen and oxygen atoms in total. The van der Waals surface area contributed by atoms with Gasteiger partial charge in [0.1, 0.15) is 10.6 Å². The summed E-state index contributed by atoms with van der Waals surface area (Å²) in [4.78, 5) is 9.89. The summed E-state index contributed by atoms with van der Waals surface area (Å²) in [5.74, 6) is 1.54. The maximum Gasteiger partial charge on any atom is 0.225 e. The Labute approximate surface area is 110 Å². The third kappa shape index (κ3) is 2.26. The summed E-state index contributed by atoms with van der Waals surface area (Å²) in [6.07, 6.45) is 2.60. The van der Waals surface area contributed by atoms with Crippen molar-refractivity contribution in [2.45, 2.75) is 18.9 Å². The molecule has 96 valence electrons. The smallest absolute Gasteiger partial charge is 0.225 e. The van der Waals surface area contributed by atoms with Crippen molar-refractivity contribution in [1.82, 2.24) is 9.97 Å². The molecule has 3 heterocycles. The summed E-state index contributed by atoms with van der Waals surface area (Å²) >= 11 is 1.63. The summed E-state index contributed by atoms with van der Waals surface area (Å²) in [7, 11) is 1.83. The molecule has 0 spiro atoms. The van der Waals surface area contributed by atoms with Gasteiger partial charge in [-0.2, -0.15) is 4.98 Å². The molecule has 3 rings (SSSR count). The van der Waals surface area contributed by atoms with Crippen molar-refractivity contribution in [1.29, 1.82) is 0 Å². The number of ether oxygens (including phenoxy) is 1. The summed E-state index contributed by atoms with van der Waals surface area (Å²) in [5.41, 5.74) is 0. The normalized spacial score (nSPS) is 19.3. The fourth-order valence-corrected chi connectivity index (χ4v) is 2.88. The van der Waals surface area contributed by atoms with E-state index in [1.54, 1.807) is 11.3 Å². The van der Waals surface area contributed by atoms with Crippen LogP contribution in [-0.4, -0.2) is 36.3 Å². The quantitative estimate of drug-likeness (QED) is 0.887. The topological polar surface area (TPSA) is 59.1 Å². The number of hydrogen-bond donors (Lipinski definition) is 2. The van der Waals surface area contributed by atoms with Crippen LogP contribution in [-0.2, 0) is 4.74 Å². The van der Waals surface area contributed by atoms with Gasteiger partial charge < -0.3 is 15.4 Å². The molecule has 1 aliphatic rings. The molecule has 2 N–H and O–H groups in total. The lowest BCUT2D eigenvalue weighted by Crippen LogP contribution is -2.19. The molecule has 2 aromatic heterocycles. The molecule has 0 aliphatic carbocycles. The zero-order valence-corrected chi connectivity index (χ0v) is 11.1. The first-order valence-electron chi connectivity index (χ1n) is 6.15. The molecule has 0 aromatic carbocycles. The first-order chi connectivity index (χ1) is 8.86. The number of aromatic nitrogens is 2. The van der Waals surface area contributed by atoms with Gasteiger partial charge >= 0.3 is 0 Å². The van der Waals surface area contributed by atoms with Crippen LogP contribution in [0.5, 0.6) is 0 Å². The van der Waals surface area contributed by atoms with Crippen molar-refractivity contribution < 1.29 is 4.74 Å². The summed E-state index contributed by atoms with van der Waals surface area (Å²) in [6, 6.07) is 2.05. The van der Waals surface area contributed by atoms with Crippen molar-refractivity contribution in [2.75, 3.05) is 30.8 Å². The molecule has 1 unspecified atom stereocenters. The molecule has 1 saturated heterocycles. The van der Waals surface area contributed by atoms with Crippen molar-refractivity contribution in [2.24, 2.45) is 0 Å². The number of anilines is 2. The first-order valence-corrected chi connectivity index (χ1v) is 7.03. The van der Waals surface area contributed by atoms with E-state index in [1.165, 1.54) is 0 Å². The summed E-state index contributed by atoms with van der Waals surface area (Å²) < 4.78 is 5.61. The second-order valence-electron chi connectivity index (χ2n) is 4.30. The Morgan fingerprint density at radius 1 is 1.50 bits per heavy atom.